The Balaban J connectivity index is 1.60. The van der Waals surface area contributed by atoms with E-state index in [4.69, 9.17) is 4.74 Å². The predicted molar refractivity (Wildman–Crippen MR) is 102 cm³/mol. The third-order valence-electron chi connectivity index (χ3n) is 3.63. The van der Waals surface area contributed by atoms with Gasteiger partial charge in [-0.15, -0.1) is 16.8 Å². The van der Waals surface area contributed by atoms with E-state index in [0.29, 0.717) is 23.2 Å². The molecule has 1 atom stereocenters. The molecule has 0 aliphatic heterocycles. The molecule has 8 heteroatoms. The van der Waals surface area contributed by atoms with Gasteiger partial charge in [0, 0.05) is 30.3 Å². The van der Waals surface area contributed by atoms with Crippen molar-refractivity contribution >= 4 is 11.8 Å². The molecule has 0 aliphatic rings. The fourth-order valence-corrected chi connectivity index (χ4v) is 3.20. The molecule has 0 saturated carbocycles. The minimum Gasteiger partial charge on any atom is -0.491 e. The van der Waals surface area contributed by atoms with E-state index in [1.807, 2.05) is 16.7 Å². The topological polar surface area (TPSA) is 73.1 Å². The molecule has 140 valence electrons. The van der Waals surface area contributed by atoms with Crippen LogP contribution in [0.3, 0.4) is 0 Å². The Labute approximate surface area is 160 Å². The maximum absolute atomic E-state index is 12.9. The van der Waals surface area contributed by atoms with Crippen LogP contribution in [-0.2, 0) is 6.54 Å². The van der Waals surface area contributed by atoms with Crippen LogP contribution in [0.15, 0.2) is 66.6 Å². The summed E-state index contributed by atoms with van der Waals surface area (Å²) in [5.41, 5.74) is 0.909. The minimum absolute atomic E-state index is 0.103. The highest BCUT2D eigenvalue weighted by Crippen LogP contribution is 2.24. The quantitative estimate of drug-likeness (QED) is 0.450. The summed E-state index contributed by atoms with van der Waals surface area (Å²) in [5.74, 6) is 1.28. The molecule has 0 radical (unpaired) electrons. The van der Waals surface area contributed by atoms with Crippen molar-refractivity contribution in [2.24, 2.45) is 0 Å². The Morgan fingerprint density at radius 2 is 1.93 bits per heavy atom. The fourth-order valence-electron chi connectivity index (χ4n) is 2.35. The number of nitrogens with zero attached hydrogens (tertiary/aromatic N) is 4. The first-order chi connectivity index (χ1) is 13.2. The summed E-state index contributed by atoms with van der Waals surface area (Å²) in [6, 6.07) is 9.41. The smallest absolute Gasteiger partial charge is 0.191 e. The summed E-state index contributed by atoms with van der Waals surface area (Å²) in [6.07, 6.45) is 4.46. The van der Waals surface area contributed by atoms with Crippen LogP contribution in [0.4, 0.5) is 4.39 Å². The van der Waals surface area contributed by atoms with Crippen molar-refractivity contribution in [3.8, 4) is 17.1 Å². The second kappa shape index (κ2) is 9.29. The number of aliphatic hydroxyl groups is 1. The van der Waals surface area contributed by atoms with Crippen molar-refractivity contribution in [3.63, 3.8) is 0 Å². The SMILES string of the molecule is C=CCn1c(SC[C@H](O)COc2ccc(F)cc2)nnc1-c1ccncc1. The van der Waals surface area contributed by atoms with E-state index in [-0.39, 0.29) is 12.4 Å². The van der Waals surface area contributed by atoms with Gasteiger partial charge in [-0.2, -0.15) is 0 Å². The molecule has 1 N–H and O–H groups in total. The summed E-state index contributed by atoms with van der Waals surface area (Å²) >= 11 is 1.38. The van der Waals surface area contributed by atoms with Gasteiger partial charge in [-0.3, -0.25) is 9.55 Å². The summed E-state index contributed by atoms with van der Waals surface area (Å²) in [7, 11) is 0. The van der Waals surface area contributed by atoms with Crippen LogP contribution in [0.1, 0.15) is 0 Å². The minimum atomic E-state index is -0.710. The van der Waals surface area contributed by atoms with Crippen LogP contribution in [-0.4, -0.2) is 43.3 Å². The van der Waals surface area contributed by atoms with E-state index in [0.717, 1.165) is 11.4 Å². The van der Waals surface area contributed by atoms with Crippen molar-refractivity contribution in [3.05, 3.63) is 67.3 Å². The molecule has 0 unspecified atom stereocenters. The molecular weight excluding hydrogens is 367 g/mol. The van der Waals surface area contributed by atoms with E-state index in [2.05, 4.69) is 21.8 Å². The predicted octanol–water partition coefficient (Wildman–Crippen LogP) is 3.20. The van der Waals surface area contributed by atoms with Crippen LogP contribution in [0.2, 0.25) is 0 Å². The summed E-state index contributed by atoms with van der Waals surface area (Å²) in [5, 5.41) is 19.3. The number of hydrogen-bond acceptors (Lipinski definition) is 6. The molecule has 0 amide bonds. The van der Waals surface area contributed by atoms with E-state index in [1.54, 1.807) is 18.5 Å². The average molecular weight is 386 g/mol. The van der Waals surface area contributed by atoms with E-state index in [1.165, 1.54) is 36.0 Å². The van der Waals surface area contributed by atoms with Crippen LogP contribution >= 0.6 is 11.8 Å². The zero-order valence-electron chi connectivity index (χ0n) is 14.5. The maximum Gasteiger partial charge on any atom is 0.191 e. The summed E-state index contributed by atoms with van der Waals surface area (Å²) in [6.45, 7) is 4.44. The molecule has 1 aromatic carbocycles. The molecule has 3 rings (SSSR count). The number of halogens is 1. The lowest BCUT2D eigenvalue weighted by Gasteiger charge is -2.12. The normalized spacial score (nSPS) is 11.9. The van der Waals surface area contributed by atoms with Gasteiger partial charge in [-0.05, 0) is 36.4 Å². The lowest BCUT2D eigenvalue weighted by atomic mass is 10.2. The van der Waals surface area contributed by atoms with Crippen LogP contribution in [0.25, 0.3) is 11.4 Å². The molecule has 0 bridgehead atoms. The van der Waals surface area contributed by atoms with Gasteiger partial charge in [0.25, 0.3) is 0 Å². The number of ether oxygens (including phenoxy) is 1. The first-order valence-electron chi connectivity index (χ1n) is 8.31. The number of rotatable bonds is 9. The van der Waals surface area contributed by atoms with Crippen molar-refractivity contribution < 1.29 is 14.2 Å². The number of aromatic nitrogens is 4. The number of hydrogen-bond donors (Lipinski definition) is 1. The van der Waals surface area contributed by atoms with Gasteiger partial charge in [0.05, 0.1) is 6.10 Å². The first-order valence-corrected chi connectivity index (χ1v) is 9.29. The lowest BCUT2D eigenvalue weighted by Crippen LogP contribution is -2.20. The maximum atomic E-state index is 12.9. The molecule has 0 fully saturated rings. The van der Waals surface area contributed by atoms with Crippen LogP contribution < -0.4 is 4.74 Å². The number of allylic oxidation sites excluding steroid dienone is 1. The van der Waals surface area contributed by atoms with Crippen molar-refractivity contribution in [1.29, 1.82) is 0 Å². The zero-order chi connectivity index (χ0) is 19.1. The third-order valence-corrected chi connectivity index (χ3v) is 4.74. The largest absolute Gasteiger partial charge is 0.491 e. The Morgan fingerprint density at radius 1 is 1.19 bits per heavy atom. The second-order valence-corrected chi connectivity index (χ2v) is 6.66. The Bertz CT molecular complexity index is 871. The Morgan fingerprint density at radius 3 is 2.63 bits per heavy atom. The molecule has 2 heterocycles. The molecule has 3 aromatic rings. The van der Waals surface area contributed by atoms with Gasteiger partial charge in [-0.25, -0.2) is 4.39 Å². The van der Waals surface area contributed by atoms with Gasteiger partial charge in [0.1, 0.15) is 18.2 Å². The van der Waals surface area contributed by atoms with Gasteiger partial charge < -0.3 is 9.84 Å². The molecular formula is C19H19FN4O2S. The van der Waals surface area contributed by atoms with E-state index < -0.39 is 6.10 Å². The zero-order valence-corrected chi connectivity index (χ0v) is 15.3. The highest BCUT2D eigenvalue weighted by atomic mass is 32.2. The Hall–Kier alpha value is -2.71. The van der Waals surface area contributed by atoms with Crippen molar-refractivity contribution in [1.82, 2.24) is 19.7 Å². The van der Waals surface area contributed by atoms with Gasteiger partial charge in [0.15, 0.2) is 11.0 Å². The third kappa shape index (κ3) is 5.15. The lowest BCUT2D eigenvalue weighted by molar-refractivity contribution is 0.126. The highest BCUT2D eigenvalue weighted by molar-refractivity contribution is 7.99. The van der Waals surface area contributed by atoms with Crippen LogP contribution in [0, 0.1) is 5.82 Å². The number of aliphatic hydroxyl groups excluding tert-OH is 1. The Kier molecular flexibility index (Phi) is 6.56. The van der Waals surface area contributed by atoms with Crippen molar-refractivity contribution in [2.45, 2.75) is 17.8 Å². The van der Waals surface area contributed by atoms with Gasteiger partial charge in [0.2, 0.25) is 0 Å². The molecule has 6 nitrogen and oxygen atoms in total. The molecule has 0 spiro atoms. The standard InChI is InChI=1S/C19H19FN4O2S/c1-2-11-24-18(14-7-9-21-10-8-14)22-23-19(24)27-13-16(25)12-26-17-5-3-15(20)4-6-17/h2-10,16,25H,1,11-13H2/t16-/m1/s1. The van der Waals surface area contributed by atoms with E-state index in [9.17, 15) is 9.50 Å². The molecule has 0 saturated heterocycles. The summed E-state index contributed by atoms with van der Waals surface area (Å²) in [4.78, 5) is 4.01. The van der Waals surface area contributed by atoms with Gasteiger partial charge in [-0.1, -0.05) is 17.8 Å². The highest BCUT2D eigenvalue weighted by Gasteiger charge is 2.15. The van der Waals surface area contributed by atoms with Gasteiger partial charge >= 0.3 is 0 Å². The molecule has 0 aliphatic carbocycles. The number of thioether (sulfide) groups is 1. The van der Waals surface area contributed by atoms with E-state index >= 15 is 0 Å². The average Bonchev–Trinajstić information content (AvgIpc) is 3.09. The molecule has 2 aromatic heterocycles. The molecule has 27 heavy (non-hydrogen) atoms. The number of pyridine rings is 1. The first kappa shape index (κ1) is 19.1. The van der Waals surface area contributed by atoms with Crippen LogP contribution in [0.5, 0.6) is 5.75 Å². The summed E-state index contributed by atoms with van der Waals surface area (Å²) < 4.78 is 20.3. The fraction of sp³-hybridized carbons (Fsp3) is 0.211. The number of benzene rings is 1. The second-order valence-electron chi connectivity index (χ2n) is 5.67. The van der Waals surface area contributed by atoms with Crippen molar-refractivity contribution in [2.75, 3.05) is 12.4 Å². The monoisotopic (exact) mass is 386 g/mol.